The Kier molecular flexibility index (Phi) is 5.44. The Morgan fingerprint density at radius 1 is 1.06 bits per heavy atom. The number of likely N-dealkylation sites (tertiary alicyclic amines) is 1. The predicted octanol–water partition coefficient (Wildman–Crippen LogP) is 5.75. The number of amides is 2. The zero-order valence-electron chi connectivity index (χ0n) is 21.5. The minimum absolute atomic E-state index is 0.0508. The molecule has 3 fully saturated rings. The van der Waals surface area contributed by atoms with Crippen molar-refractivity contribution in [2.75, 3.05) is 20.2 Å². The van der Waals surface area contributed by atoms with Crippen LogP contribution in [0.1, 0.15) is 77.8 Å². The monoisotopic (exact) mass is 471 g/mol. The fraction of sp³-hybridized carbons (Fsp3) is 0.500. The van der Waals surface area contributed by atoms with Crippen molar-refractivity contribution >= 4 is 6.03 Å². The van der Waals surface area contributed by atoms with Crippen LogP contribution in [0.2, 0.25) is 0 Å². The Morgan fingerprint density at radius 2 is 1.77 bits per heavy atom. The number of fused-ring (bicyclic) bond motifs is 3. The van der Waals surface area contributed by atoms with Gasteiger partial charge in [-0.15, -0.1) is 0 Å². The van der Waals surface area contributed by atoms with Gasteiger partial charge in [-0.25, -0.2) is 4.79 Å². The van der Waals surface area contributed by atoms with E-state index in [0.717, 1.165) is 38.2 Å². The van der Waals surface area contributed by atoms with Gasteiger partial charge in [-0.2, -0.15) is 0 Å². The first-order valence-corrected chi connectivity index (χ1v) is 13.2. The average Bonchev–Trinajstić information content (AvgIpc) is 3.64. The Labute approximate surface area is 209 Å². The first kappa shape index (κ1) is 22.7. The minimum Gasteiger partial charge on any atom is -0.496 e. The molecule has 2 aromatic rings. The summed E-state index contributed by atoms with van der Waals surface area (Å²) in [5.74, 6) is 1.83. The van der Waals surface area contributed by atoms with Crippen molar-refractivity contribution in [2.45, 2.75) is 76.9 Å². The summed E-state index contributed by atoms with van der Waals surface area (Å²) in [5, 5.41) is 3.43. The Bertz CT molecular complexity index is 1180. The molecule has 1 atom stereocenters. The van der Waals surface area contributed by atoms with Crippen LogP contribution in [0.5, 0.6) is 5.75 Å². The van der Waals surface area contributed by atoms with E-state index in [2.05, 4.69) is 67.4 Å². The van der Waals surface area contributed by atoms with Gasteiger partial charge < -0.3 is 10.1 Å². The van der Waals surface area contributed by atoms with Crippen LogP contribution in [-0.2, 0) is 13.1 Å². The van der Waals surface area contributed by atoms with Crippen LogP contribution in [0.4, 0.5) is 4.79 Å². The number of ether oxygens (including phenoxy) is 1. The lowest BCUT2D eigenvalue weighted by molar-refractivity contribution is 0.160. The van der Waals surface area contributed by atoms with Gasteiger partial charge >= 0.3 is 6.03 Å². The van der Waals surface area contributed by atoms with Gasteiger partial charge in [-0.1, -0.05) is 48.4 Å². The van der Waals surface area contributed by atoms with E-state index < -0.39 is 0 Å². The Morgan fingerprint density at radius 3 is 2.43 bits per heavy atom. The molecule has 1 N–H and O–H groups in total. The molecular formula is C30H37N3O2. The third kappa shape index (κ3) is 4.04. The van der Waals surface area contributed by atoms with E-state index in [1.54, 1.807) is 7.11 Å². The van der Waals surface area contributed by atoms with Crippen molar-refractivity contribution in [1.82, 2.24) is 15.1 Å². The van der Waals surface area contributed by atoms with Crippen LogP contribution in [0.3, 0.4) is 0 Å². The molecular weight excluding hydrogens is 434 g/mol. The summed E-state index contributed by atoms with van der Waals surface area (Å²) in [7, 11) is 1.78. The van der Waals surface area contributed by atoms with Gasteiger partial charge in [0.1, 0.15) is 5.75 Å². The maximum Gasteiger partial charge on any atom is 0.322 e. The quantitative estimate of drug-likeness (QED) is 0.618. The van der Waals surface area contributed by atoms with Crippen LogP contribution in [0, 0.1) is 13.8 Å². The number of hydrogen-bond acceptors (Lipinski definition) is 3. The summed E-state index contributed by atoms with van der Waals surface area (Å²) in [6, 6.07) is 11.5. The topological polar surface area (TPSA) is 44.8 Å². The van der Waals surface area contributed by atoms with Gasteiger partial charge in [0.15, 0.2) is 0 Å². The zero-order valence-corrected chi connectivity index (χ0v) is 21.5. The molecule has 6 rings (SSSR count). The highest BCUT2D eigenvalue weighted by atomic mass is 16.5. The molecule has 1 spiro atoms. The Hall–Kier alpha value is -2.79. The van der Waals surface area contributed by atoms with E-state index in [1.165, 1.54) is 51.9 Å². The van der Waals surface area contributed by atoms with E-state index in [1.807, 2.05) is 4.90 Å². The SMILES string of the molecule is COc1cc(C2CC2)cc2c1C(C)C=C1N(C2)C(=O)NC12CCN(Cc1cc(C)cc(C)c1)CC2. The normalized spacial score (nSPS) is 23.4. The van der Waals surface area contributed by atoms with E-state index in [-0.39, 0.29) is 17.5 Å². The lowest BCUT2D eigenvalue weighted by atomic mass is 9.83. The van der Waals surface area contributed by atoms with Gasteiger partial charge in [0, 0.05) is 36.8 Å². The summed E-state index contributed by atoms with van der Waals surface area (Å²) in [5.41, 5.74) is 8.79. The molecule has 0 radical (unpaired) electrons. The van der Waals surface area contributed by atoms with Gasteiger partial charge in [0.25, 0.3) is 0 Å². The maximum atomic E-state index is 13.3. The van der Waals surface area contributed by atoms with E-state index in [4.69, 9.17) is 4.74 Å². The third-order valence-electron chi connectivity index (χ3n) is 8.48. The molecule has 3 heterocycles. The zero-order chi connectivity index (χ0) is 24.3. The van der Waals surface area contributed by atoms with Crippen LogP contribution in [0.25, 0.3) is 0 Å². The van der Waals surface area contributed by atoms with E-state index >= 15 is 0 Å². The summed E-state index contributed by atoms with van der Waals surface area (Å²) < 4.78 is 5.88. The number of benzene rings is 2. The number of rotatable bonds is 4. The molecule has 4 aliphatic rings. The highest BCUT2D eigenvalue weighted by Gasteiger charge is 2.50. The van der Waals surface area contributed by atoms with Crippen molar-refractivity contribution in [3.8, 4) is 5.75 Å². The van der Waals surface area contributed by atoms with Crippen LogP contribution in [0.15, 0.2) is 42.1 Å². The summed E-state index contributed by atoms with van der Waals surface area (Å²) >= 11 is 0. The van der Waals surface area contributed by atoms with Crippen LogP contribution < -0.4 is 10.1 Å². The first-order chi connectivity index (χ1) is 16.8. The van der Waals surface area contributed by atoms with Crippen molar-refractivity contribution < 1.29 is 9.53 Å². The smallest absolute Gasteiger partial charge is 0.322 e. The highest BCUT2D eigenvalue weighted by molar-refractivity contribution is 5.82. The number of hydrogen-bond donors (Lipinski definition) is 1. The molecule has 0 bridgehead atoms. The highest BCUT2D eigenvalue weighted by Crippen LogP contribution is 2.47. The van der Waals surface area contributed by atoms with Gasteiger partial charge in [0.05, 0.1) is 19.2 Å². The lowest BCUT2D eigenvalue weighted by Crippen LogP contribution is -2.51. The molecule has 3 aliphatic heterocycles. The third-order valence-corrected chi connectivity index (χ3v) is 8.48. The maximum absolute atomic E-state index is 13.3. The molecule has 5 heteroatoms. The van der Waals surface area contributed by atoms with Gasteiger partial charge in [-0.3, -0.25) is 9.80 Å². The van der Waals surface area contributed by atoms with Crippen LogP contribution >= 0.6 is 0 Å². The lowest BCUT2D eigenvalue weighted by Gasteiger charge is -2.40. The van der Waals surface area contributed by atoms with Crippen molar-refractivity contribution in [2.24, 2.45) is 0 Å². The molecule has 184 valence electrons. The molecule has 2 saturated heterocycles. The van der Waals surface area contributed by atoms with E-state index in [9.17, 15) is 4.79 Å². The van der Waals surface area contributed by atoms with Gasteiger partial charge in [0.2, 0.25) is 0 Å². The number of nitrogens with one attached hydrogen (secondary N) is 1. The van der Waals surface area contributed by atoms with Gasteiger partial charge in [-0.05, 0) is 68.2 Å². The van der Waals surface area contributed by atoms with Crippen molar-refractivity contribution in [3.63, 3.8) is 0 Å². The molecule has 1 unspecified atom stereocenters. The fourth-order valence-electron chi connectivity index (χ4n) is 6.67. The van der Waals surface area contributed by atoms with Crippen molar-refractivity contribution in [3.05, 3.63) is 75.5 Å². The van der Waals surface area contributed by atoms with Crippen LogP contribution in [-0.4, -0.2) is 41.6 Å². The summed E-state index contributed by atoms with van der Waals surface area (Å²) in [6.07, 6.45) is 6.74. The number of allylic oxidation sites excluding steroid dienone is 1. The number of carbonyl (C=O) groups is 1. The standard InChI is InChI=1S/C30H37N3O2/c1-19-11-20(2)13-22(12-19)17-32-9-7-30(8-10-32)27-14-21(3)28-25(18-33(27)29(34)31-30)15-24(23-5-6-23)16-26(28)35-4/h11-16,21,23H,5-10,17-18H2,1-4H3,(H,31,34). The summed E-state index contributed by atoms with van der Waals surface area (Å²) in [4.78, 5) is 17.9. The number of piperidine rings is 1. The minimum atomic E-state index is -0.265. The molecule has 0 aromatic heterocycles. The molecule has 2 amide bonds. The molecule has 1 saturated carbocycles. The average molecular weight is 472 g/mol. The Balaban J connectivity index is 1.25. The summed E-state index contributed by atoms with van der Waals surface area (Å²) in [6.45, 7) is 10.2. The fourth-order valence-corrected chi connectivity index (χ4v) is 6.67. The molecule has 35 heavy (non-hydrogen) atoms. The second-order valence-electron chi connectivity index (χ2n) is 11.3. The number of carbonyl (C=O) groups excluding carboxylic acids is 1. The number of urea groups is 1. The predicted molar refractivity (Wildman–Crippen MR) is 139 cm³/mol. The number of methoxy groups -OCH3 is 1. The largest absolute Gasteiger partial charge is 0.496 e. The van der Waals surface area contributed by atoms with E-state index in [0.29, 0.717) is 12.5 Å². The van der Waals surface area contributed by atoms with Crippen molar-refractivity contribution in [1.29, 1.82) is 0 Å². The number of aryl methyl sites for hydroxylation is 2. The molecule has 2 aromatic carbocycles. The molecule has 5 nitrogen and oxygen atoms in total. The second kappa shape index (κ2) is 8.41. The first-order valence-electron chi connectivity index (χ1n) is 13.2. The second-order valence-corrected chi connectivity index (χ2v) is 11.3. The molecule has 1 aliphatic carbocycles. The number of nitrogens with zero attached hydrogens (tertiary/aromatic N) is 2.